The van der Waals surface area contributed by atoms with Gasteiger partial charge in [0.25, 0.3) is 0 Å². The van der Waals surface area contributed by atoms with Crippen molar-refractivity contribution in [1.82, 2.24) is 9.55 Å². The first-order chi connectivity index (χ1) is 10.3. The highest BCUT2D eigenvalue weighted by Crippen LogP contribution is 2.30. The summed E-state index contributed by atoms with van der Waals surface area (Å²) in [5.74, 6) is 0.290. The van der Waals surface area contributed by atoms with Crippen LogP contribution < -0.4 is 4.74 Å². The fourth-order valence-corrected chi connectivity index (χ4v) is 2.60. The third kappa shape index (κ3) is 2.91. The second kappa shape index (κ2) is 6.10. The smallest absolute Gasteiger partial charge is 0.396 e. The molecule has 2 aromatic rings. The Morgan fingerprint density at radius 2 is 2.00 bits per heavy atom. The maximum atomic E-state index is 11.0. The number of nitro benzene ring substituents is 1. The monoisotopic (exact) mass is 370 g/mol. The molecule has 0 amide bonds. The lowest BCUT2D eigenvalue weighted by Gasteiger charge is -2.07. The quantitative estimate of drug-likeness (QED) is 0.590. The van der Waals surface area contributed by atoms with Crippen LogP contribution in [0.25, 0.3) is 0 Å². The average molecular weight is 371 g/mol. The molecule has 0 aliphatic rings. The maximum Gasteiger partial charge on any atom is 0.396 e. The molecular weight excluding hydrogens is 360 g/mol. The van der Waals surface area contributed by atoms with Crippen molar-refractivity contribution in [2.24, 2.45) is 0 Å². The van der Waals surface area contributed by atoms with Gasteiger partial charge in [-0.25, -0.2) is 0 Å². The first kappa shape index (κ1) is 15.9. The number of halogens is 1. The van der Waals surface area contributed by atoms with Crippen LogP contribution in [0.5, 0.6) is 5.75 Å². The van der Waals surface area contributed by atoms with Crippen molar-refractivity contribution in [3.63, 3.8) is 0 Å². The SMILES string of the molecule is COc1ccc(Cn2c(C)nc([N+](=O)[O-])c2Br)cc1[N+](=O)[O-]. The second-order valence-corrected chi connectivity index (χ2v) is 5.13. The Kier molecular flexibility index (Phi) is 4.40. The minimum absolute atomic E-state index is 0.154. The van der Waals surface area contributed by atoms with Crippen molar-refractivity contribution >= 4 is 27.4 Å². The van der Waals surface area contributed by atoms with E-state index in [1.54, 1.807) is 17.6 Å². The standard InChI is InChI=1S/C12H11BrN4O5/c1-7-14-12(17(20)21)11(13)15(7)6-8-3-4-10(22-2)9(5-8)16(18)19/h3-5H,6H2,1-2H3. The molecular formula is C12H11BrN4O5. The van der Waals surface area contributed by atoms with Crippen molar-refractivity contribution in [1.29, 1.82) is 0 Å². The van der Waals surface area contributed by atoms with Crippen molar-refractivity contribution in [3.8, 4) is 5.75 Å². The molecule has 0 radical (unpaired) electrons. The van der Waals surface area contributed by atoms with Crippen molar-refractivity contribution in [3.05, 3.63) is 54.4 Å². The minimum atomic E-state index is -0.593. The van der Waals surface area contributed by atoms with Crippen LogP contribution in [0, 0.1) is 27.2 Å². The molecule has 0 aliphatic carbocycles. The highest BCUT2D eigenvalue weighted by Gasteiger charge is 2.24. The Labute approximate surface area is 133 Å². The third-order valence-electron chi connectivity index (χ3n) is 3.03. The minimum Gasteiger partial charge on any atom is -0.490 e. The Balaban J connectivity index is 2.42. The van der Waals surface area contributed by atoms with Crippen LogP contribution in [-0.4, -0.2) is 26.5 Å². The van der Waals surface area contributed by atoms with Crippen LogP contribution in [0.2, 0.25) is 0 Å². The molecule has 0 N–H and O–H groups in total. The van der Waals surface area contributed by atoms with E-state index in [9.17, 15) is 20.2 Å². The molecule has 2 rings (SSSR count). The number of methoxy groups -OCH3 is 1. The number of ether oxygens (including phenoxy) is 1. The third-order valence-corrected chi connectivity index (χ3v) is 3.82. The van der Waals surface area contributed by atoms with Crippen LogP contribution in [0.3, 0.4) is 0 Å². The van der Waals surface area contributed by atoms with Crippen molar-refractivity contribution < 1.29 is 14.6 Å². The van der Waals surface area contributed by atoms with Crippen molar-refractivity contribution in [2.45, 2.75) is 13.5 Å². The van der Waals surface area contributed by atoms with Gasteiger partial charge in [-0.1, -0.05) is 6.07 Å². The molecule has 0 unspecified atom stereocenters. The predicted octanol–water partition coefficient (Wildman–Crippen LogP) is 2.83. The Hall–Kier alpha value is -2.49. The lowest BCUT2D eigenvalue weighted by Crippen LogP contribution is -2.04. The highest BCUT2D eigenvalue weighted by molar-refractivity contribution is 9.10. The van der Waals surface area contributed by atoms with Crippen LogP contribution in [0.1, 0.15) is 11.4 Å². The summed E-state index contributed by atoms with van der Waals surface area (Å²) in [6.07, 6.45) is 0. The molecule has 9 nitrogen and oxygen atoms in total. The number of nitro groups is 2. The fourth-order valence-electron chi connectivity index (χ4n) is 1.98. The van der Waals surface area contributed by atoms with E-state index in [1.165, 1.54) is 19.2 Å². The molecule has 1 aromatic carbocycles. The molecule has 10 heteroatoms. The topological polar surface area (TPSA) is 113 Å². The number of benzene rings is 1. The number of imidazole rings is 1. The van der Waals surface area contributed by atoms with E-state index in [0.717, 1.165) is 0 Å². The summed E-state index contributed by atoms with van der Waals surface area (Å²) in [6.45, 7) is 1.83. The van der Waals surface area contributed by atoms with Gasteiger partial charge in [-0.3, -0.25) is 14.7 Å². The zero-order valence-corrected chi connectivity index (χ0v) is 13.2. The molecule has 0 saturated carbocycles. The van der Waals surface area contributed by atoms with Gasteiger partial charge in [-0.15, -0.1) is 0 Å². The van der Waals surface area contributed by atoms with Gasteiger partial charge in [0.05, 0.1) is 18.6 Å². The Morgan fingerprint density at radius 3 is 2.50 bits per heavy atom. The van der Waals surface area contributed by atoms with Crippen molar-refractivity contribution in [2.75, 3.05) is 7.11 Å². The molecule has 0 spiro atoms. The maximum absolute atomic E-state index is 11.0. The van der Waals surface area contributed by atoms with E-state index in [-0.39, 0.29) is 28.4 Å². The van der Waals surface area contributed by atoms with Gasteiger partial charge in [0, 0.05) is 13.0 Å². The van der Waals surface area contributed by atoms with Gasteiger partial charge in [0.1, 0.15) is 0 Å². The number of hydrogen-bond acceptors (Lipinski definition) is 6. The number of nitrogens with zero attached hydrogens (tertiary/aromatic N) is 4. The van der Waals surface area contributed by atoms with E-state index in [2.05, 4.69) is 20.9 Å². The van der Waals surface area contributed by atoms with Gasteiger partial charge >= 0.3 is 11.5 Å². The van der Waals surface area contributed by atoms with Gasteiger partial charge in [-0.05, 0) is 37.5 Å². The largest absolute Gasteiger partial charge is 0.490 e. The zero-order valence-electron chi connectivity index (χ0n) is 11.6. The molecule has 1 aromatic heterocycles. The molecule has 22 heavy (non-hydrogen) atoms. The number of aryl methyl sites for hydroxylation is 1. The molecule has 0 saturated heterocycles. The Bertz CT molecular complexity index is 758. The second-order valence-electron chi connectivity index (χ2n) is 4.38. The molecule has 0 fully saturated rings. The average Bonchev–Trinajstić information content (AvgIpc) is 2.75. The predicted molar refractivity (Wildman–Crippen MR) is 80.1 cm³/mol. The molecule has 1 heterocycles. The summed E-state index contributed by atoms with van der Waals surface area (Å²) in [5.41, 5.74) is 0.437. The molecule has 116 valence electrons. The number of aromatic nitrogens is 2. The lowest BCUT2D eigenvalue weighted by atomic mass is 10.2. The summed E-state index contributed by atoms with van der Waals surface area (Å²) >= 11 is 3.14. The fraction of sp³-hybridized carbons (Fsp3) is 0.250. The lowest BCUT2D eigenvalue weighted by molar-refractivity contribution is -0.390. The summed E-state index contributed by atoms with van der Waals surface area (Å²) in [7, 11) is 1.35. The summed E-state index contributed by atoms with van der Waals surface area (Å²) in [4.78, 5) is 24.6. The summed E-state index contributed by atoms with van der Waals surface area (Å²) in [6, 6.07) is 4.52. The Morgan fingerprint density at radius 1 is 1.32 bits per heavy atom. The first-order valence-corrected chi connectivity index (χ1v) is 6.82. The van der Waals surface area contributed by atoms with Gasteiger partial charge in [0.15, 0.2) is 10.4 Å². The molecule has 0 bridgehead atoms. The number of rotatable bonds is 5. The zero-order chi connectivity index (χ0) is 16.4. The van der Waals surface area contributed by atoms with Crippen LogP contribution in [0.4, 0.5) is 11.5 Å². The van der Waals surface area contributed by atoms with Gasteiger partial charge in [-0.2, -0.15) is 0 Å². The van der Waals surface area contributed by atoms with E-state index in [4.69, 9.17) is 4.74 Å². The summed E-state index contributed by atoms with van der Waals surface area (Å²) < 4.78 is 6.71. The summed E-state index contributed by atoms with van der Waals surface area (Å²) in [5, 5.41) is 21.9. The highest BCUT2D eigenvalue weighted by atomic mass is 79.9. The van der Waals surface area contributed by atoms with Gasteiger partial charge < -0.3 is 14.9 Å². The van der Waals surface area contributed by atoms with E-state index < -0.39 is 9.85 Å². The van der Waals surface area contributed by atoms with Crippen LogP contribution >= 0.6 is 15.9 Å². The molecule has 0 aliphatic heterocycles. The van der Waals surface area contributed by atoms with E-state index in [1.807, 2.05) is 0 Å². The van der Waals surface area contributed by atoms with Crippen LogP contribution in [0.15, 0.2) is 22.8 Å². The van der Waals surface area contributed by atoms with E-state index in [0.29, 0.717) is 11.4 Å². The first-order valence-electron chi connectivity index (χ1n) is 6.03. The van der Waals surface area contributed by atoms with Gasteiger partial charge in [0.2, 0.25) is 5.82 Å². The molecule has 0 atom stereocenters. The van der Waals surface area contributed by atoms with Crippen LogP contribution in [-0.2, 0) is 6.54 Å². The number of hydrogen-bond donors (Lipinski definition) is 0. The van der Waals surface area contributed by atoms with E-state index >= 15 is 0 Å². The normalized spacial score (nSPS) is 10.5.